The third kappa shape index (κ3) is 2.98. The van der Waals surface area contributed by atoms with Gasteiger partial charge in [0, 0.05) is 29.8 Å². The molecule has 0 aliphatic heterocycles. The molecule has 0 aliphatic rings. The van der Waals surface area contributed by atoms with Crippen LogP contribution in [0, 0.1) is 11.6 Å². The maximum atomic E-state index is 14.8. The summed E-state index contributed by atoms with van der Waals surface area (Å²) in [5.74, 6) is -2.82. The molecule has 0 spiro atoms. The lowest BCUT2D eigenvalue weighted by Crippen LogP contribution is -2.16. The van der Waals surface area contributed by atoms with Crippen LogP contribution in [0.3, 0.4) is 0 Å². The fourth-order valence-electron chi connectivity index (χ4n) is 3.59. The van der Waals surface area contributed by atoms with Gasteiger partial charge in [0.15, 0.2) is 0 Å². The number of amides is 1. The number of hydrogen-bond donors (Lipinski definition) is 3. The first-order chi connectivity index (χ1) is 14.9. The Bertz CT molecular complexity index is 1490. The molecular formula is C22H15F2N5O2. The van der Waals surface area contributed by atoms with Crippen LogP contribution < -0.4 is 5.32 Å². The fourth-order valence-corrected chi connectivity index (χ4v) is 3.59. The number of aromatic amines is 1. The summed E-state index contributed by atoms with van der Waals surface area (Å²) in [6, 6.07) is 12.7. The van der Waals surface area contributed by atoms with E-state index < -0.39 is 23.1 Å². The van der Waals surface area contributed by atoms with Gasteiger partial charge in [0.2, 0.25) is 0 Å². The number of hydrogen-bond acceptors (Lipinski definition) is 4. The molecule has 2 heterocycles. The lowest BCUT2D eigenvalue weighted by atomic mass is 10.1. The number of aryl methyl sites for hydroxylation is 1. The van der Waals surface area contributed by atoms with E-state index in [0.29, 0.717) is 27.8 Å². The molecule has 0 fully saturated rings. The topological polar surface area (TPSA) is 95.8 Å². The number of phenols is 1. The molecule has 0 atom stereocenters. The zero-order chi connectivity index (χ0) is 21.7. The highest BCUT2D eigenvalue weighted by atomic mass is 19.1. The van der Waals surface area contributed by atoms with Crippen molar-refractivity contribution in [2.75, 3.05) is 5.32 Å². The number of rotatable bonds is 3. The molecule has 154 valence electrons. The van der Waals surface area contributed by atoms with E-state index in [0.717, 1.165) is 6.07 Å². The van der Waals surface area contributed by atoms with Gasteiger partial charge < -0.3 is 10.4 Å². The van der Waals surface area contributed by atoms with E-state index in [4.69, 9.17) is 0 Å². The maximum absolute atomic E-state index is 14.8. The summed E-state index contributed by atoms with van der Waals surface area (Å²) in [5, 5.41) is 24.4. The van der Waals surface area contributed by atoms with E-state index >= 15 is 0 Å². The monoisotopic (exact) mass is 419 g/mol. The predicted octanol–water partition coefficient (Wildman–Crippen LogP) is 4.35. The molecule has 9 heteroatoms. The number of para-hydroxylation sites is 1. The van der Waals surface area contributed by atoms with Crippen molar-refractivity contribution in [3.05, 3.63) is 71.9 Å². The van der Waals surface area contributed by atoms with Gasteiger partial charge in [0.25, 0.3) is 5.91 Å². The summed E-state index contributed by atoms with van der Waals surface area (Å²) < 4.78 is 30.7. The minimum atomic E-state index is -0.981. The Morgan fingerprint density at radius 1 is 1.13 bits per heavy atom. The van der Waals surface area contributed by atoms with E-state index in [-0.39, 0.29) is 16.7 Å². The van der Waals surface area contributed by atoms with Crippen LogP contribution >= 0.6 is 0 Å². The van der Waals surface area contributed by atoms with Gasteiger partial charge in [-0.3, -0.25) is 14.6 Å². The predicted molar refractivity (Wildman–Crippen MR) is 112 cm³/mol. The first-order valence-electron chi connectivity index (χ1n) is 9.31. The third-order valence-electron chi connectivity index (χ3n) is 5.15. The number of phenolic OH excluding ortho intramolecular Hbond substituents is 1. The van der Waals surface area contributed by atoms with E-state index in [2.05, 4.69) is 20.6 Å². The Morgan fingerprint density at radius 3 is 2.74 bits per heavy atom. The number of benzene rings is 3. The molecule has 31 heavy (non-hydrogen) atoms. The normalized spacial score (nSPS) is 11.3. The van der Waals surface area contributed by atoms with Crippen molar-refractivity contribution in [3.63, 3.8) is 0 Å². The molecule has 0 saturated carbocycles. The Labute approximate surface area is 173 Å². The minimum Gasteiger partial charge on any atom is -0.507 e. The first kappa shape index (κ1) is 18.7. The zero-order valence-electron chi connectivity index (χ0n) is 16.1. The van der Waals surface area contributed by atoms with Gasteiger partial charge >= 0.3 is 0 Å². The summed E-state index contributed by atoms with van der Waals surface area (Å²) in [4.78, 5) is 12.7. The van der Waals surface area contributed by atoms with Crippen molar-refractivity contribution in [2.45, 2.75) is 0 Å². The number of nitrogens with one attached hydrogen (secondary N) is 2. The smallest absolute Gasteiger partial charge is 0.261 e. The number of aromatic hydroxyl groups is 1. The highest BCUT2D eigenvalue weighted by Crippen LogP contribution is 2.34. The number of aromatic nitrogens is 4. The Hall–Kier alpha value is -4.27. The molecular weight excluding hydrogens is 404 g/mol. The second kappa shape index (κ2) is 6.91. The van der Waals surface area contributed by atoms with Gasteiger partial charge in [0.1, 0.15) is 28.6 Å². The molecule has 5 rings (SSSR count). The lowest BCUT2D eigenvalue weighted by Gasteiger charge is -2.09. The summed E-state index contributed by atoms with van der Waals surface area (Å²) >= 11 is 0. The van der Waals surface area contributed by atoms with Gasteiger partial charge in [-0.25, -0.2) is 8.78 Å². The van der Waals surface area contributed by atoms with Gasteiger partial charge in [0.05, 0.1) is 22.6 Å². The van der Waals surface area contributed by atoms with Crippen LogP contribution in [-0.2, 0) is 7.05 Å². The first-order valence-corrected chi connectivity index (χ1v) is 9.31. The van der Waals surface area contributed by atoms with Gasteiger partial charge in [-0.2, -0.15) is 10.2 Å². The van der Waals surface area contributed by atoms with Crippen molar-refractivity contribution in [2.24, 2.45) is 7.05 Å². The van der Waals surface area contributed by atoms with Crippen LogP contribution in [0.5, 0.6) is 5.75 Å². The average Bonchev–Trinajstić information content (AvgIpc) is 3.32. The number of fused-ring (bicyclic) bond motifs is 2. The number of nitrogens with zero attached hydrogens (tertiary/aromatic N) is 3. The van der Waals surface area contributed by atoms with E-state index in [1.54, 1.807) is 49.5 Å². The second-order valence-electron chi connectivity index (χ2n) is 7.05. The Morgan fingerprint density at radius 2 is 1.94 bits per heavy atom. The molecule has 0 unspecified atom stereocenters. The molecule has 0 bridgehead atoms. The molecule has 0 radical (unpaired) electrons. The number of anilines is 1. The number of H-pyrrole nitrogens is 1. The molecule has 3 aromatic carbocycles. The van der Waals surface area contributed by atoms with E-state index in [1.165, 1.54) is 10.9 Å². The highest BCUT2D eigenvalue weighted by Gasteiger charge is 2.22. The van der Waals surface area contributed by atoms with Gasteiger partial charge in [-0.05, 0) is 30.3 Å². The van der Waals surface area contributed by atoms with Crippen LogP contribution in [0.2, 0.25) is 0 Å². The van der Waals surface area contributed by atoms with Gasteiger partial charge in [-0.15, -0.1) is 0 Å². The van der Waals surface area contributed by atoms with Crippen molar-refractivity contribution >= 4 is 33.4 Å². The number of carbonyl (C=O) groups excluding carboxylic acids is 1. The largest absolute Gasteiger partial charge is 0.507 e. The van der Waals surface area contributed by atoms with Crippen molar-refractivity contribution in [1.82, 2.24) is 20.0 Å². The second-order valence-corrected chi connectivity index (χ2v) is 7.05. The van der Waals surface area contributed by atoms with E-state index in [1.807, 2.05) is 0 Å². The van der Waals surface area contributed by atoms with E-state index in [9.17, 15) is 18.7 Å². The quantitative estimate of drug-likeness (QED) is 0.405. The zero-order valence-corrected chi connectivity index (χ0v) is 16.1. The Balaban J connectivity index is 1.54. The van der Waals surface area contributed by atoms with Crippen LogP contribution in [0.25, 0.3) is 33.1 Å². The minimum absolute atomic E-state index is 0.0549. The van der Waals surface area contributed by atoms with Crippen molar-refractivity contribution in [1.29, 1.82) is 0 Å². The van der Waals surface area contributed by atoms with Crippen LogP contribution in [-0.4, -0.2) is 31.0 Å². The number of carbonyl (C=O) groups is 1. The van der Waals surface area contributed by atoms with Crippen molar-refractivity contribution in [3.8, 4) is 17.0 Å². The molecule has 5 aromatic rings. The van der Waals surface area contributed by atoms with Gasteiger partial charge in [-0.1, -0.05) is 12.1 Å². The number of halogens is 2. The molecule has 1 amide bonds. The van der Waals surface area contributed by atoms with Crippen molar-refractivity contribution < 1.29 is 18.7 Å². The van der Waals surface area contributed by atoms with Crippen LogP contribution in [0.4, 0.5) is 14.5 Å². The van der Waals surface area contributed by atoms with Crippen LogP contribution in [0.15, 0.2) is 54.7 Å². The third-order valence-corrected chi connectivity index (χ3v) is 5.15. The lowest BCUT2D eigenvalue weighted by molar-refractivity contribution is 0.101. The fraction of sp³-hybridized carbons (Fsp3) is 0.0455. The summed E-state index contributed by atoms with van der Waals surface area (Å²) in [6.07, 6.45) is 1.25. The summed E-state index contributed by atoms with van der Waals surface area (Å²) in [5.41, 5.74) is 1.55. The molecule has 3 N–H and O–H groups in total. The highest BCUT2D eigenvalue weighted by molar-refractivity contribution is 6.08. The molecule has 7 nitrogen and oxygen atoms in total. The molecule has 2 aromatic heterocycles. The SMILES string of the molecule is Cn1ncc2c(F)c(C(=O)Nc3ccc4[nH]nc(-c5ccccc5O)c4c3)c(F)cc21. The molecule has 0 aliphatic carbocycles. The summed E-state index contributed by atoms with van der Waals surface area (Å²) in [7, 11) is 1.56. The Kier molecular flexibility index (Phi) is 4.18. The maximum Gasteiger partial charge on any atom is 0.261 e. The summed E-state index contributed by atoms with van der Waals surface area (Å²) in [6.45, 7) is 0. The standard InChI is InChI=1S/C22H15F2N5O2/c1-29-17-9-15(23)19(20(24)14(17)10-25-29)22(31)26-11-6-7-16-13(8-11)21(28-27-16)12-4-2-3-5-18(12)30/h2-10,30H,1H3,(H,26,31)(H,27,28). The van der Waals surface area contributed by atoms with Crippen LogP contribution in [0.1, 0.15) is 10.4 Å². The molecule has 0 saturated heterocycles. The average molecular weight is 419 g/mol.